The smallest absolute Gasteiger partial charge is 0.146 e. The second kappa shape index (κ2) is 4.60. The van der Waals surface area contributed by atoms with E-state index in [1.807, 2.05) is 6.07 Å². The molecule has 0 saturated heterocycles. The number of anilines is 1. The van der Waals surface area contributed by atoms with Crippen LogP contribution < -0.4 is 5.32 Å². The third-order valence-corrected chi connectivity index (χ3v) is 4.10. The molecule has 17 heavy (non-hydrogen) atoms. The van der Waals surface area contributed by atoms with E-state index in [0.29, 0.717) is 23.1 Å². The lowest BCUT2D eigenvalue weighted by molar-refractivity contribution is 0.366. The summed E-state index contributed by atoms with van der Waals surface area (Å²) in [5, 5.41) is 3.35. The van der Waals surface area contributed by atoms with Gasteiger partial charge < -0.3 is 5.32 Å². The van der Waals surface area contributed by atoms with E-state index in [9.17, 15) is 4.39 Å². The molecule has 0 aliphatic heterocycles. The van der Waals surface area contributed by atoms with Crippen molar-refractivity contribution < 1.29 is 4.39 Å². The molecule has 0 radical (unpaired) electrons. The van der Waals surface area contributed by atoms with Gasteiger partial charge in [0.2, 0.25) is 0 Å². The molecule has 2 atom stereocenters. The fraction of sp³-hybridized carbons (Fsp3) is 0.571. The van der Waals surface area contributed by atoms with Crippen molar-refractivity contribution in [2.45, 2.75) is 39.7 Å². The molecule has 1 fully saturated rings. The number of hydrogen-bond donors (Lipinski definition) is 1. The number of benzene rings is 1. The standard InChI is InChI=1S/C14H19BrFN/c1-9-7-14(2,3)8-13(9)17-12-6-10(15)4-5-11(12)16/h4-6,9,13,17H,7-8H2,1-3H3. The summed E-state index contributed by atoms with van der Waals surface area (Å²) >= 11 is 3.38. The highest BCUT2D eigenvalue weighted by Crippen LogP contribution is 2.42. The highest BCUT2D eigenvalue weighted by molar-refractivity contribution is 9.10. The molecule has 2 unspecified atom stereocenters. The maximum Gasteiger partial charge on any atom is 0.146 e. The van der Waals surface area contributed by atoms with Gasteiger partial charge in [-0.2, -0.15) is 0 Å². The van der Waals surface area contributed by atoms with E-state index < -0.39 is 0 Å². The van der Waals surface area contributed by atoms with E-state index in [1.165, 1.54) is 12.5 Å². The topological polar surface area (TPSA) is 12.0 Å². The molecular formula is C14H19BrFN. The highest BCUT2D eigenvalue weighted by Gasteiger charge is 2.36. The predicted octanol–water partition coefficient (Wildman–Crippen LogP) is 4.82. The largest absolute Gasteiger partial charge is 0.380 e. The van der Waals surface area contributed by atoms with E-state index in [1.54, 1.807) is 6.07 Å². The van der Waals surface area contributed by atoms with Gasteiger partial charge in [-0.25, -0.2) is 4.39 Å². The Kier molecular flexibility index (Phi) is 3.48. The van der Waals surface area contributed by atoms with Gasteiger partial charge in [-0.15, -0.1) is 0 Å². The van der Waals surface area contributed by atoms with Crippen LogP contribution in [-0.2, 0) is 0 Å². The lowest BCUT2D eigenvalue weighted by atomic mass is 9.91. The molecule has 0 spiro atoms. The summed E-state index contributed by atoms with van der Waals surface area (Å²) in [6, 6.07) is 5.40. The van der Waals surface area contributed by atoms with E-state index in [2.05, 4.69) is 42.0 Å². The van der Waals surface area contributed by atoms with Gasteiger partial charge in [0.1, 0.15) is 5.82 Å². The Morgan fingerprint density at radius 3 is 2.65 bits per heavy atom. The van der Waals surface area contributed by atoms with Crippen LogP contribution in [-0.4, -0.2) is 6.04 Å². The van der Waals surface area contributed by atoms with Crippen molar-refractivity contribution in [3.05, 3.63) is 28.5 Å². The van der Waals surface area contributed by atoms with Crippen molar-refractivity contribution in [1.29, 1.82) is 0 Å². The third-order valence-electron chi connectivity index (χ3n) is 3.60. The predicted molar refractivity (Wildman–Crippen MR) is 73.7 cm³/mol. The number of hydrogen-bond acceptors (Lipinski definition) is 1. The zero-order valence-corrected chi connectivity index (χ0v) is 12.1. The minimum atomic E-state index is -0.176. The van der Waals surface area contributed by atoms with Crippen molar-refractivity contribution in [3.8, 4) is 0 Å². The number of rotatable bonds is 2. The number of nitrogens with one attached hydrogen (secondary N) is 1. The summed E-state index contributed by atoms with van der Waals surface area (Å²) in [7, 11) is 0. The van der Waals surface area contributed by atoms with Gasteiger partial charge in [0.05, 0.1) is 5.69 Å². The SMILES string of the molecule is CC1CC(C)(C)CC1Nc1cc(Br)ccc1F. The summed E-state index contributed by atoms with van der Waals surface area (Å²) in [6.07, 6.45) is 2.29. The fourth-order valence-electron chi connectivity index (χ4n) is 2.89. The van der Waals surface area contributed by atoms with Crippen LogP contribution in [0.1, 0.15) is 33.6 Å². The molecule has 0 bridgehead atoms. The van der Waals surface area contributed by atoms with Crippen molar-refractivity contribution in [3.63, 3.8) is 0 Å². The second-order valence-electron chi connectivity index (χ2n) is 5.92. The molecule has 1 aromatic carbocycles. The summed E-state index contributed by atoms with van der Waals surface area (Å²) in [6.45, 7) is 6.80. The van der Waals surface area contributed by atoms with E-state index in [4.69, 9.17) is 0 Å². The monoisotopic (exact) mass is 299 g/mol. The second-order valence-corrected chi connectivity index (χ2v) is 6.84. The maximum atomic E-state index is 13.7. The van der Waals surface area contributed by atoms with Gasteiger partial charge >= 0.3 is 0 Å². The first-order valence-corrected chi connectivity index (χ1v) is 6.88. The van der Waals surface area contributed by atoms with Crippen LogP contribution in [0.25, 0.3) is 0 Å². The summed E-state index contributed by atoms with van der Waals surface area (Å²) in [5.74, 6) is 0.411. The fourth-order valence-corrected chi connectivity index (χ4v) is 3.26. The van der Waals surface area contributed by atoms with Crippen LogP contribution in [0.4, 0.5) is 10.1 Å². The molecule has 1 nitrogen and oxygen atoms in total. The van der Waals surface area contributed by atoms with Crippen LogP contribution in [0.3, 0.4) is 0 Å². The first-order chi connectivity index (χ1) is 7.87. The summed E-state index contributed by atoms with van der Waals surface area (Å²) < 4.78 is 14.6. The van der Waals surface area contributed by atoms with E-state index in [0.717, 1.165) is 10.9 Å². The Hall–Kier alpha value is -0.570. The zero-order valence-electron chi connectivity index (χ0n) is 10.6. The molecule has 1 N–H and O–H groups in total. The summed E-state index contributed by atoms with van der Waals surface area (Å²) in [5.41, 5.74) is 0.966. The third kappa shape index (κ3) is 3.01. The zero-order chi connectivity index (χ0) is 12.6. The molecule has 0 heterocycles. The Bertz CT molecular complexity index is 417. The number of halogens is 2. The Morgan fingerprint density at radius 2 is 2.06 bits per heavy atom. The van der Waals surface area contributed by atoms with Crippen LogP contribution in [0.5, 0.6) is 0 Å². The van der Waals surface area contributed by atoms with E-state index in [-0.39, 0.29) is 5.82 Å². The molecule has 1 aromatic rings. The van der Waals surface area contributed by atoms with Gasteiger partial charge in [0.25, 0.3) is 0 Å². The van der Waals surface area contributed by atoms with E-state index >= 15 is 0 Å². The van der Waals surface area contributed by atoms with Gasteiger partial charge in [-0.05, 0) is 42.4 Å². The van der Waals surface area contributed by atoms with Crippen LogP contribution >= 0.6 is 15.9 Å². The van der Waals surface area contributed by atoms with Gasteiger partial charge in [-0.3, -0.25) is 0 Å². The van der Waals surface area contributed by atoms with Gasteiger partial charge in [0, 0.05) is 10.5 Å². The Morgan fingerprint density at radius 1 is 1.35 bits per heavy atom. The average Bonchev–Trinajstić information content (AvgIpc) is 2.46. The normalized spacial score (nSPS) is 27.1. The van der Waals surface area contributed by atoms with Crippen molar-refractivity contribution in [2.24, 2.45) is 11.3 Å². The first kappa shape index (κ1) is 12.9. The molecule has 2 rings (SSSR count). The molecule has 0 aromatic heterocycles. The van der Waals surface area contributed by atoms with Crippen LogP contribution in [0, 0.1) is 17.2 Å². The van der Waals surface area contributed by atoms with Crippen molar-refractivity contribution >= 4 is 21.6 Å². The molecule has 1 aliphatic carbocycles. The summed E-state index contributed by atoms with van der Waals surface area (Å²) in [4.78, 5) is 0. The molecule has 3 heteroatoms. The molecule has 1 saturated carbocycles. The minimum Gasteiger partial charge on any atom is -0.380 e. The van der Waals surface area contributed by atoms with Crippen LogP contribution in [0.15, 0.2) is 22.7 Å². The minimum absolute atomic E-state index is 0.176. The van der Waals surface area contributed by atoms with Crippen molar-refractivity contribution in [2.75, 3.05) is 5.32 Å². The molecular weight excluding hydrogens is 281 g/mol. The first-order valence-electron chi connectivity index (χ1n) is 6.09. The molecule has 0 amide bonds. The van der Waals surface area contributed by atoms with Gasteiger partial charge in [-0.1, -0.05) is 36.7 Å². The molecule has 1 aliphatic rings. The molecule has 94 valence electrons. The quantitative estimate of drug-likeness (QED) is 0.825. The lowest BCUT2D eigenvalue weighted by Gasteiger charge is -2.20. The average molecular weight is 300 g/mol. The van der Waals surface area contributed by atoms with Crippen molar-refractivity contribution in [1.82, 2.24) is 0 Å². The van der Waals surface area contributed by atoms with Gasteiger partial charge in [0.15, 0.2) is 0 Å². The Balaban J connectivity index is 2.14. The lowest BCUT2D eigenvalue weighted by Crippen LogP contribution is -2.23. The maximum absolute atomic E-state index is 13.7. The highest BCUT2D eigenvalue weighted by atomic mass is 79.9. The van der Waals surface area contributed by atoms with Crippen LogP contribution in [0.2, 0.25) is 0 Å². The Labute approximate surface area is 111 Å².